The number of methoxy groups -OCH3 is 1. The Labute approximate surface area is 65.7 Å². The minimum absolute atomic E-state index is 0.694. The topological polar surface area (TPSA) is 18.5 Å². The van der Waals surface area contributed by atoms with Gasteiger partial charge in [0.15, 0.2) is 0 Å². The quantitative estimate of drug-likeness (QED) is 0.607. The maximum Gasteiger partial charge on any atom is 0.124 e. The highest BCUT2D eigenvalue weighted by Gasteiger charge is 2.14. The fourth-order valence-corrected chi connectivity index (χ4v) is 1.36. The van der Waals surface area contributed by atoms with E-state index < -0.39 is 0 Å². The van der Waals surface area contributed by atoms with Crippen LogP contribution < -0.4 is 4.74 Å². The Hall–Kier alpha value is -1.02. The Kier molecular flexibility index (Phi) is 1.55. The Bertz CT molecular complexity index is 268. The first kappa shape index (κ1) is 6.68. The van der Waals surface area contributed by atoms with E-state index in [0.717, 1.165) is 12.4 Å². The summed E-state index contributed by atoms with van der Waals surface area (Å²) in [7, 11) is 1.69. The van der Waals surface area contributed by atoms with Crippen molar-refractivity contribution in [3.8, 4) is 5.75 Å². The molecule has 1 aliphatic heterocycles. The highest BCUT2D eigenvalue weighted by Crippen LogP contribution is 2.28. The molecule has 1 aromatic carbocycles. The average Bonchev–Trinajstić information content (AvgIpc) is 2.50. The van der Waals surface area contributed by atoms with Gasteiger partial charge in [0, 0.05) is 5.56 Å². The van der Waals surface area contributed by atoms with Crippen LogP contribution in [0.2, 0.25) is 0 Å². The summed E-state index contributed by atoms with van der Waals surface area (Å²) < 4.78 is 10.5. The van der Waals surface area contributed by atoms with Crippen LogP contribution in [0.5, 0.6) is 5.75 Å². The lowest BCUT2D eigenvalue weighted by Crippen LogP contribution is -1.89. The first-order valence-electron chi connectivity index (χ1n) is 3.64. The number of benzene rings is 1. The summed E-state index contributed by atoms with van der Waals surface area (Å²) in [6.07, 6.45) is 0. The Morgan fingerprint density at radius 3 is 3.09 bits per heavy atom. The van der Waals surface area contributed by atoms with E-state index in [4.69, 9.17) is 9.47 Å². The van der Waals surface area contributed by atoms with Crippen molar-refractivity contribution in [1.82, 2.24) is 0 Å². The zero-order valence-electron chi connectivity index (χ0n) is 6.46. The molecule has 0 atom stereocenters. The zero-order valence-corrected chi connectivity index (χ0v) is 6.46. The molecule has 2 heteroatoms. The summed E-state index contributed by atoms with van der Waals surface area (Å²) in [6, 6.07) is 6.03. The molecule has 1 aromatic rings. The third-order valence-corrected chi connectivity index (χ3v) is 1.95. The van der Waals surface area contributed by atoms with Gasteiger partial charge in [-0.2, -0.15) is 0 Å². The van der Waals surface area contributed by atoms with Crippen molar-refractivity contribution in [2.24, 2.45) is 0 Å². The van der Waals surface area contributed by atoms with E-state index >= 15 is 0 Å². The average molecular weight is 150 g/mol. The van der Waals surface area contributed by atoms with Gasteiger partial charge >= 0.3 is 0 Å². The molecular weight excluding hydrogens is 140 g/mol. The van der Waals surface area contributed by atoms with Crippen molar-refractivity contribution in [2.45, 2.75) is 13.2 Å². The van der Waals surface area contributed by atoms with Crippen LogP contribution in [0.15, 0.2) is 18.2 Å². The molecule has 11 heavy (non-hydrogen) atoms. The number of hydrogen-bond donors (Lipinski definition) is 0. The number of fused-ring (bicyclic) bond motifs is 1. The second-order valence-electron chi connectivity index (χ2n) is 2.59. The lowest BCUT2D eigenvalue weighted by Gasteiger charge is -2.03. The Morgan fingerprint density at radius 2 is 2.27 bits per heavy atom. The number of rotatable bonds is 1. The van der Waals surface area contributed by atoms with Crippen LogP contribution in [-0.4, -0.2) is 7.11 Å². The van der Waals surface area contributed by atoms with Crippen molar-refractivity contribution >= 4 is 0 Å². The van der Waals surface area contributed by atoms with E-state index in [1.54, 1.807) is 7.11 Å². The van der Waals surface area contributed by atoms with Gasteiger partial charge in [-0.1, -0.05) is 12.1 Å². The summed E-state index contributed by atoms with van der Waals surface area (Å²) in [5.74, 6) is 0.944. The van der Waals surface area contributed by atoms with Gasteiger partial charge in [-0.15, -0.1) is 0 Å². The fraction of sp³-hybridized carbons (Fsp3) is 0.333. The molecular formula is C9H10O2. The lowest BCUT2D eigenvalue weighted by molar-refractivity contribution is 0.133. The molecule has 0 saturated carbocycles. The number of hydrogen-bond acceptors (Lipinski definition) is 2. The van der Waals surface area contributed by atoms with Gasteiger partial charge in [0.05, 0.1) is 20.3 Å². The molecule has 0 unspecified atom stereocenters. The summed E-state index contributed by atoms with van der Waals surface area (Å²) in [4.78, 5) is 0. The van der Waals surface area contributed by atoms with E-state index in [9.17, 15) is 0 Å². The monoisotopic (exact) mass is 150 g/mol. The van der Waals surface area contributed by atoms with Crippen LogP contribution in [0.4, 0.5) is 0 Å². The Balaban J connectivity index is 2.50. The van der Waals surface area contributed by atoms with Gasteiger partial charge in [-0.3, -0.25) is 0 Å². The smallest absolute Gasteiger partial charge is 0.124 e. The van der Waals surface area contributed by atoms with Crippen LogP contribution in [0.1, 0.15) is 11.1 Å². The van der Waals surface area contributed by atoms with Crippen LogP contribution in [-0.2, 0) is 18.0 Å². The minimum Gasteiger partial charge on any atom is -0.496 e. The van der Waals surface area contributed by atoms with Crippen molar-refractivity contribution in [1.29, 1.82) is 0 Å². The molecule has 2 rings (SSSR count). The third kappa shape index (κ3) is 0.994. The maximum atomic E-state index is 5.28. The molecule has 0 saturated heterocycles. The highest BCUT2D eigenvalue weighted by molar-refractivity contribution is 5.40. The predicted molar refractivity (Wildman–Crippen MR) is 41.5 cm³/mol. The molecule has 0 bridgehead atoms. The summed E-state index contributed by atoms with van der Waals surface area (Å²) in [5, 5.41) is 0. The molecule has 0 spiro atoms. The van der Waals surface area contributed by atoms with Crippen LogP contribution >= 0.6 is 0 Å². The van der Waals surface area contributed by atoms with Gasteiger partial charge in [-0.25, -0.2) is 0 Å². The second kappa shape index (κ2) is 2.55. The molecule has 1 aliphatic rings. The second-order valence-corrected chi connectivity index (χ2v) is 2.59. The molecule has 0 aliphatic carbocycles. The normalized spacial score (nSPS) is 14.6. The minimum atomic E-state index is 0.694. The van der Waals surface area contributed by atoms with E-state index in [1.807, 2.05) is 12.1 Å². The third-order valence-electron chi connectivity index (χ3n) is 1.95. The number of ether oxygens (including phenoxy) is 2. The van der Waals surface area contributed by atoms with Crippen molar-refractivity contribution in [3.05, 3.63) is 29.3 Å². The molecule has 0 N–H and O–H groups in total. The standard InChI is InChI=1S/C9H10O2/c1-10-9-4-2-3-7-5-11-6-8(7)9/h2-4H,5-6H2,1H3. The van der Waals surface area contributed by atoms with Gasteiger partial charge < -0.3 is 9.47 Å². The first-order valence-corrected chi connectivity index (χ1v) is 3.64. The highest BCUT2D eigenvalue weighted by atomic mass is 16.5. The summed E-state index contributed by atoms with van der Waals surface area (Å²) in [5.41, 5.74) is 2.46. The fourth-order valence-electron chi connectivity index (χ4n) is 1.36. The van der Waals surface area contributed by atoms with E-state index in [1.165, 1.54) is 11.1 Å². The maximum absolute atomic E-state index is 5.28. The summed E-state index contributed by atoms with van der Waals surface area (Å²) >= 11 is 0. The van der Waals surface area contributed by atoms with Crippen molar-refractivity contribution in [2.75, 3.05) is 7.11 Å². The SMILES string of the molecule is COc1cccc2c1COC2. The van der Waals surface area contributed by atoms with Crippen molar-refractivity contribution in [3.63, 3.8) is 0 Å². The molecule has 1 heterocycles. The zero-order chi connectivity index (χ0) is 7.68. The molecule has 0 aromatic heterocycles. The largest absolute Gasteiger partial charge is 0.496 e. The van der Waals surface area contributed by atoms with Gasteiger partial charge in [-0.05, 0) is 11.6 Å². The van der Waals surface area contributed by atoms with E-state index in [0.29, 0.717) is 6.61 Å². The van der Waals surface area contributed by atoms with Crippen LogP contribution in [0.25, 0.3) is 0 Å². The molecule has 0 amide bonds. The molecule has 0 fully saturated rings. The summed E-state index contributed by atoms with van der Waals surface area (Å²) in [6.45, 7) is 1.42. The van der Waals surface area contributed by atoms with E-state index in [-0.39, 0.29) is 0 Å². The van der Waals surface area contributed by atoms with Crippen LogP contribution in [0.3, 0.4) is 0 Å². The van der Waals surface area contributed by atoms with Gasteiger partial charge in [0.2, 0.25) is 0 Å². The van der Waals surface area contributed by atoms with Gasteiger partial charge in [0.25, 0.3) is 0 Å². The molecule has 0 radical (unpaired) electrons. The van der Waals surface area contributed by atoms with Gasteiger partial charge in [0.1, 0.15) is 5.75 Å². The van der Waals surface area contributed by atoms with E-state index in [2.05, 4.69) is 6.07 Å². The first-order chi connectivity index (χ1) is 5.42. The Morgan fingerprint density at radius 1 is 1.36 bits per heavy atom. The van der Waals surface area contributed by atoms with Crippen LogP contribution in [0, 0.1) is 0 Å². The predicted octanol–water partition coefficient (Wildman–Crippen LogP) is 1.73. The molecule has 2 nitrogen and oxygen atoms in total. The lowest BCUT2D eigenvalue weighted by atomic mass is 10.1. The van der Waals surface area contributed by atoms with Crippen molar-refractivity contribution < 1.29 is 9.47 Å². The molecule has 58 valence electrons.